The lowest BCUT2D eigenvalue weighted by Gasteiger charge is -2.11. The lowest BCUT2D eigenvalue weighted by atomic mass is 10.1. The first kappa shape index (κ1) is 21.1. The molecule has 0 aromatic heterocycles. The van der Waals surface area contributed by atoms with Crippen LogP contribution in [-0.2, 0) is 11.2 Å². The maximum Gasteiger partial charge on any atom is 0.255 e. The van der Waals surface area contributed by atoms with E-state index in [9.17, 15) is 9.59 Å². The molecule has 3 aromatic carbocycles. The SMILES string of the molecule is CC(C)Oc1ccc(C(=O)Nc2cccc(NC(=O)CCc3ccccc3)c2)cc1. The van der Waals surface area contributed by atoms with Gasteiger partial charge in [-0.3, -0.25) is 9.59 Å². The molecule has 0 fully saturated rings. The van der Waals surface area contributed by atoms with Crippen LogP contribution in [0.3, 0.4) is 0 Å². The Kier molecular flexibility index (Phi) is 7.22. The van der Waals surface area contributed by atoms with Gasteiger partial charge in [0.15, 0.2) is 0 Å². The van der Waals surface area contributed by atoms with E-state index in [1.54, 1.807) is 48.5 Å². The molecule has 0 atom stereocenters. The maximum atomic E-state index is 12.5. The van der Waals surface area contributed by atoms with E-state index in [0.29, 0.717) is 29.8 Å². The smallest absolute Gasteiger partial charge is 0.255 e. The minimum Gasteiger partial charge on any atom is -0.491 e. The zero-order valence-corrected chi connectivity index (χ0v) is 17.2. The third-order valence-electron chi connectivity index (χ3n) is 4.38. The normalized spacial score (nSPS) is 10.5. The molecule has 0 spiro atoms. The van der Waals surface area contributed by atoms with Gasteiger partial charge in [0.2, 0.25) is 5.91 Å². The van der Waals surface area contributed by atoms with Crippen molar-refractivity contribution in [2.45, 2.75) is 32.8 Å². The molecule has 0 aliphatic carbocycles. The van der Waals surface area contributed by atoms with Crippen molar-refractivity contribution in [1.82, 2.24) is 0 Å². The van der Waals surface area contributed by atoms with Crippen LogP contribution in [0.1, 0.15) is 36.2 Å². The van der Waals surface area contributed by atoms with Crippen LogP contribution in [0.15, 0.2) is 78.9 Å². The summed E-state index contributed by atoms with van der Waals surface area (Å²) >= 11 is 0. The van der Waals surface area contributed by atoms with Crippen LogP contribution >= 0.6 is 0 Å². The van der Waals surface area contributed by atoms with Crippen LogP contribution in [-0.4, -0.2) is 17.9 Å². The Labute approximate surface area is 177 Å². The van der Waals surface area contributed by atoms with E-state index < -0.39 is 0 Å². The fraction of sp³-hybridized carbons (Fsp3) is 0.200. The molecule has 154 valence electrons. The van der Waals surface area contributed by atoms with Crippen LogP contribution in [0.5, 0.6) is 5.75 Å². The highest BCUT2D eigenvalue weighted by atomic mass is 16.5. The molecular weight excluding hydrogens is 376 g/mol. The van der Waals surface area contributed by atoms with E-state index in [0.717, 1.165) is 11.3 Å². The predicted octanol–water partition coefficient (Wildman–Crippen LogP) is 5.30. The minimum atomic E-state index is -0.223. The maximum absolute atomic E-state index is 12.5. The van der Waals surface area contributed by atoms with Crippen LogP contribution in [0.4, 0.5) is 11.4 Å². The molecule has 3 aromatic rings. The summed E-state index contributed by atoms with van der Waals surface area (Å²) < 4.78 is 5.60. The number of amides is 2. The molecular formula is C25H26N2O3. The molecule has 0 saturated heterocycles. The summed E-state index contributed by atoms with van der Waals surface area (Å²) in [5.74, 6) is 0.434. The number of rotatable bonds is 8. The third-order valence-corrected chi connectivity index (χ3v) is 4.38. The predicted molar refractivity (Wildman–Crippen MR) is 120 cm³/mol. The highest BCUT2D eigenvalue weighted by Gasteiger charge is 2.09. The molecule has 5 nitrogen and oxygen atoms in total. The Morgan fingerprint density at radius 3 is 2.17 bits per heavy atom. The molecule has 0 heterocycles. The molecule has 0 saturated carbocycles. The summed E-state index contributed by atoms with van der Waals surface area (Å²) in [6.07, 6.45) is 1.15. The van der Waals surface area contributed by atoms with Crippen LogP contribution in [0.25, 0.3) is 0 Å². The molecule has 0 unspecified atom stereocenters. The zero-order chi connectivity index (χ0) is 21.3. The van der Waals surface area contributed by atoms with Crippen molar-refractivity contribution in [3.8, 4) is 5.75 Å². The van der Waals surface area contributed by atoms with E-state index in [2.05, 4.69) is 10.6 Å². The molecule has 5 heteroatoms. The van der Waals surface area contributed by atoms with E-state index in [1.165, 1.54) is 0 Å². The lowest BCUT2D eigenvalue weighted by Crippen LogP contribution is -2.14. The van der Waals surface area contributed by atoms with Crippen molar-refractivity contribution in [2.24, 2.45) is 0 Å². The van der Waals surface area contributed by atoms with Crippen LogP contribution in [0.2, 0.25) is 0 Å². The van der Waals surface area contributed by atoms with Gasteiger partial charge < -0.3 is 15.4 Å². The third kappa shape index (κ3) is 6.48. The number of aryl methyl sites for hydroxylation is 1. The van der Waals surface area contributed by atoms with E-state index in [-0.39, 0.29) is 17.9 Å². The Balaban J connectivity index is 1.55. The number of benzene rings is 3. The number of carbonyl (C=O) groups is 2. The van der Waals surface area contributed by atoms with Crippen molar-refractivity contribution in [3.05, 3.63) is 90.0 Å². The van der Waals surface area contributed by atoms with Gasteiger partial charge in [-0.25, -0.2) is 0 Å². The molecule has 0 aliphatic heterocycles. The van der Waals surface area contributed by atoms with E-state index >= 15 is 0 Å². The van der Waals surface area contributed by atoms with E-state index in [4.69, 9.17) is 4.74 Å². The van der Waals surface area contributed by atoms with Crippen molar-refractivity contribution < 1.29 is 14.3 Å². The van der Waals surface area contributed by atoms with Gasteiger partial charge in [0, 0.05) is 23.4 Å². The quantitative estimate of drug-likeness (QED) is 0.537. The number of hydrogen-bond acceptors (Lipinski definition) is 3. The first-order valence-corrected chi connectivity index (χ1v) is 10.0. The number of anilines is 2. The van der Waals surface area contributed by atoms with Gasteiger partial charge in [-0.1, -0.05) is 36.4 Å². The average Bonchev–Trinajstić information content (AvgIpc) is 2.73. The van der Waals surface area contributed by atoms with Gasteiger partial charge >= 0.3 is 0 Å². The molecule has 0 aliphatic rings. The lowest BCUT2D eigenvalue weighted by molar-refractivity contribution is -0.116. The van der Waals surface area contributed by atoms with E-state index in [1.807, 2.05) is 44.2 Å². The minimum absolute atomic E-state index is 0.0666. The number of nitrogens with one attached hydrogen (secondary N) is 2. The number of ether oxygens (including phenoxy) is 1. The van der Waals surface area contributed by atoms with Crippen molar-refractivity contribution >= 4 is 23.2 Å². The fourth-order valence-corrected chi connectivity index (χ4v) is 2.96. The average molecular weight is 402 g/mol. The second kappa shape index (κ2) is 10.3. The summed E-state index contributed by atoms with van der Waals surface area (Å²) in [6.45, 7) is 3.90. The Morgan fingerprint density at radius 2 is 1.50 bits per heavy atom. The van der Waals surface area contributed by atoms with Gasteiger partial charge in [0.05, 0.1) is 6.10 Å². The highest BCUT2D eigenvalue weighted by Crippen LogP contribution is 2.18. The topological polar surface area (TPSA) is 67.4 Å². The summed E-state index contributed by atoms with van der Waals surface area (Å²) in [5, 5.41) is 5.74. The number of carbonyl (C=O) groups excluding carboxylic acids is 2. The fourth-order valence-electron chi connectivity index (χ4n) is 2.96. The molecule has 0 radical (unpaired) electrons. The molecule has 3 rings (SSSR count). The van der Waals surface area contributed by atoms with Crippen molar-refractivity contribution in [2.75, 3.05) is 10.6 Å². The first-order chi connectivity index (χ1) is 14.5. The van der Waals surface area contributed by atoms with Gasteiger partial charge in [-0.05, 0) is 68.3 Å². The van der Waals surface area contributed by atoms with Gasteiger partial charge in [-0.15, -0.1) is 0 Å². The van der Waals surface area contributed by atoms with Crippen LogP contribution in [0, 0.1) is 0 Å². The number of hydrogen-bond donors (Lipinski definition) is 2. The standard InChI is InChI=1S/C25H26N2O3/c1-18(2)30-23-14-12-20(13-15-23)25(29)27-22-10-6-9-21(17-22)26-24(28)16-11-19-7-4-3-5-8-19/h3-10,12-15,17-18H,11,16H2,1-2H3,(H,26,28)(H,27,29). The molecule has 0 bridgehead atoms. The summed E-state index contributed by atoms with van der Waals surface area (Å²) in [6, 6.07) is 24.0. The van der Waals surface area contributed by atoms with Gasteiger partial charge in [0.1, 0.15) is 5.75 Å². The van der Waals surface area contributed by atoms with Gasteiger partial charge in [0.25, 0.3) is 5.91 Å². The van der Waals surface area contributed by atoms with Crippen molar-refractivity contribution in [1.29, 1.82) is 0 Å². The highest BCUT2D eigenvalue weighted by molar-refractivity contribution is 6.04. The molecule has 2 N–H and O–H groups in total. The second-order valence-electron chi connectivity index (χ2n) is 7.26. The van der Waals surface area contributed by atoms with Crippen LogP contribution < -0.4 is 15.4 Å². The largest absolute Gasteiger partial charge is 0.491 e. The molecule has 30 heavy (non-hydrogen) atoms. The summed E-state index contributed by atoms with van der Waals surface area (Å²) in [7, 11) is 0. The Hall–Kier alpha value is -3.60. The summed E-state index contributed by atoms with van der Waals surface area (Å²) in [4.78, 5) is 24.7. The molecule has 2 amide bonds. The Morgan fingerprint density at radius 1 is 0.833 bits per heavy atom. The second-order valence-corrected chi connectivity index (χ2v) is 7.26. The van der Waals surface area contributed by atoms with Crippen molar-refractivity contribution in [3.63, 3.8) is 0 Å². The summed E-state index contributed by atoms with van der Waals surface area (Å²) in [5.41, 5.74) is 2.91. The monoisotopic (exact) mass is 402 g/mol. The first-order valence-electron chi connectivity index (χ1n) is 10.0. The Bertz CT molecular complexity index is 983. The zero-order valence-electron chi connectivity index (χ0n) is 17.2. The van der Waals surface area contributed by atoms with Gasteiger partial charge in [-0.2, -0.15) is 0 Å².